The van der Waals surface area contributed by atoms with Crippen molar-refractivity contribution in [2.75, 3.05) is 26.2 Å². The van der Waals surface area contributed by atoms with E-state index in [2.05, 4.69) is 29.0 Å². The van der Waals surface area contributed by atoms with Gasteiger partial charge >= 0.3 is 0 Å². The molecule has 0 atom stereocenters. The van der Waals surface area contributed by atoms with Crippen LogP contribution in [0, 0.1) is 0 Å². The summed E-state index contributed by atoms with van der Waals surface area (Å²) in [4.78, 5) is 18.3. The summed E-state index contributed by atoms with van der Waals surface area (Å²) in [5, 5.41) is 5.52. The molecule has 0 aliphatic heterocycles. The molecule has 5 heteroatoms. The minimum atomic E-state index is -0.0911. The zero-order valence-corrected chi connectivity index (χ0v) is 15.9. The third-order valence-electron chi connectivity index (χ3n) is 4.67. The van der Waals surface area contributed by atoms with Crippen molar-refractivity contribution in [3.05, 3.63) is 59.2 Å². The fourth-order valence-corrected chi connectivity index (χ4v) is 3.34. The van der Waals surface area contributed by atoms with Gasteiger partial charge in [-0.15, -0.1) is 0 Å². The SMILES string of the molecule is CCN(CC)CCNC(=O)c1[nH]c(-c2ccccc2)c2cc(Cl)ccc12. The van der Waals surface area contributed by atoms with E-state index in [1.54, 1.807) is 0 Å². The molecule has 0 saturated carbocycles. The lowest BCUT2D eigenvalue weighted by Gasteiger charge is -2.17. The molecule has 4 nitrogen and oxygen atoms in total. The van der Waals surface area contributed by atoms with Crippen LogP contribution in [0.1, 0.15) is 24.3 Å². The van der Waals surface area contributed by atoms with Gasteiger partial charge in [-0.3, -0.25) is 4.79 Å². The fraction of sp³-hybridized carbons (Fsp3) is 0.286. The van der Waals surface area contributed by atoms with E-state index in [9.17, 15) is 4.79 Å². The third-order valence-corrected chi connectivity index (χ3v) is 4.90. The van der Waals surface area contributed by atoms with Gasteiger partial charge in [0.25, 0.3) is 5.91 Å². The lowest BCUT2D eigenvalue weighted by molar-refractivity contribution is 0.0946. The number of fused-ring (bicyclic) bond motifs is 1. The van der Waals surface area contributed by atoms with Crippen LogP contribution in [0.25, 0.3) is 22.0 Å². The second-order valence-electron chi connectivity index (χ2n) is 6.21. The maximum atomic E-state index is 12.8. The number of halogens is 1. The normalized spacial score (nSPS) is 11.2. The molecule has 136 valence electrons. The summed E-state index contributed by atoms with van der Waals surface area (Å²) < 4.78 is 0. The van der Waals surface area contributed by atoms with Gasteiger partial charge in [-0.25, -0.2) is 0 Å². The highest BCUT2D eigenvalue weighted by molar-refractivity contribution is 6.31. The van der Waals surface area contributed by atoms with Gasteiger partial charge in [-0.2, -0.15) is 0 Å². The van der Waals surface area contributed by atoms with E-state index in [1.165, 1.54) is 0 Å². The van der Waals surface area contributed by atoms with Gasteiger partial charge in [0.05, 0.1) is 5.69 Å². The first-order valence-corrected chi connectivity index (χ1v) is 9.39. The number of carbonyl (C=O) groups is 1. The number of hydrogen-bond acceptors (Lipinski definition) is 2. The largest absolute Gasteiger partial charge is 0.350 e. The van der Waals surface area contributed by atoms with Crippen molar-refractivity contribution in [3.8, 4) is 11.3 Å². The molecule has 3 aromatic rings. The highest BCUT2D eigenvalue weighted by Crippen LogP contribution is 2.32. The summed E-state index contributed by atoms with van der Waals surface area (Å²) in [5.41, 5.74) is 2.52. The van der Waals surface area contributed by atoms with Gasteiger partial charge in [0.2, 0.25) is 0 Å². The predicted molar refractivity (Wildman–Crippen MR) is 109 cm³/mol. The number of benzene rings is 2. The number of hydrogen-bond donors (Lipinski definition) is 2. The van der Waals surface area contributed by atoms with Crippen molar-refractivity contribution < 1.29 is 4.79 Å². The zero-order valence-electron chi connectivity index (χ0n) is 15.2. The fourth-order valence-electron chi connectivity index (χ4n) is 3.17. The van der Waals surface area contributed by atoms with E-state index in [1.807, 2.05) is 48.5 Å². The standard InChI is InChI=1S/C21H24ClN3O/c1-3-25(4-2)13-12-23-21(26)20-17-11-10-16(22)14-18(17)19(24-20)15-8-6-5-7-9-15/h5-11,14,24H,3-4,12-13H2,1-2H3,(H,23,26). The monoisotopic (exact) mass is 369 g/mol. The Morgan fingerprint density at radius 2 is 1.81 bits per heavy atom. The number of likely N-dealkylation sites (N-methyl/N-ethyl adjacent to an activating group) is 1. The van der Waals surface area contributed by atoms with Crippen molar-refractivity contribution in [2.45, 2.75) is 13.8 Å². The number of aromatic amines is 1. The summed E-state index contributed by atoms with van der Waals surface area (Å²) in [6, 6.07) is 15.6. The minimum Gasteiger partial charge on any atom is -0.350 e. The van der Waals surface area contributed by atoms with Crippen LogP contribution < -0.4 is 5.32 Å². The summed E-state index contributed by atoms with van der Waals surface area (Å²) in [6.45, 7) is 7.67. The van der Waals surface area contributed by atoms with Crippen LogP contribution in [-0.2, 0) is 0 Å². The molecule has 0 bridgehead atoms. The van der Waals surface area contributed by atoms with Crippen LogP contribution in [-0.4, -0.2) is 42.0 Å². The van der Waals surface area contributed by atoms with Gasteiger partial charge in [0, 0.05) is 28.9 Å². The second-order valence-corrected chi connectivity index (χ2v) is 6.65. The number of amides is 1. The summed E-state index contributed by atoms with van der Waals surface area (Å²) in [6.07, 6.45) is 0. The number of nitrogens with one attached hydrogen (secondary N) is 2. The van der Waals surface area contributed by atoms with Crippen LogP contribution in [0.2, 0.25) is 5.02 Å². The van der Waals surface area contributed by atoms with Crippen LogP contribution in [0.3, 0.4) is 0 Å². The highest BCUT2D eigenvalue weighted by atomic mass is 35.5. The molecule has 1 aromatic heterocycles. The molecule has 1 heterocycles. The van der Waals surface area contributed by atoms with Gasteiger partial charge in [0.1, 0.15) is 5.69 Å². The van der Waals surface area contributed by atoms with Crippen molar-refractivity contribution >= 4 is 28.3 Å². The van der Waals surface area contributed by atoms with E-state index in [-0.39, 0.29) is 5.91 Å². The third kappa shape index (κ3) is 3.92. The molecule has 0 spiro atoms. The summed E-state index contributed by atoms with van der Waals surface area (Å²) in [7, 11) is 0. The van der Waals surface area contributed by atoms with Gasteiger partial charge < -0.3 is 15.2 Å². The first-order chi connectivity index (χ1) is 12.6. The molecule has 0 fully saturated rings. The lowest BCUT2D eigenvalue weighted by Crippen LogP contribution is -2.35. The molecule has 0 unspecified atom stereocenters. The van der Waals surface area contributed by atoms with Crippen LogP contribution >= 0.6 is 11.6 Å². The molecule has 0 aliphatic carbocycles. The van der Waals surface area contributed by atoms with E-state index >= 15 is 0 Å². The molecule has 26 heavy (non-hydrogen) atoms. The van der Waals surface area contributed by atoms with E-state index in [4.69, 9.17) is 11.6 Å². The first kappa shape index (κ1) is 18.5. The van der Waals surface area contributed by atoms with Crippen LogP contribution in [0.4, 0.5) is 0 Å². The molecular weight excluding hydrogens is 346 g/mol. The number of carbonyl (C=O) groups excluding carboxylic acids is 1. The lowest BCUT2D eigenvalue weighted by atomic mass is 10.1. The van der Waals surface area contributed by atoms with Crippen molar-refractivity contribution in [2.24, 2.45) is 0 Å². The molecular formula is C21H24ClN3O. The Hall–Kier alpha value is -2.30. The Morgan fingerprint density at radius 1 is 1.08 bits per heavy atom. The number of H-pyrrole nitrogens is 1. The summed E-state index contributed by atoms with van der Waals surface area (Å²) in [5.74, 6) is -0.0911. The Balaban J connectivity index is 1.90. The smallest absolute Gasteiger partial charge is 0.268 e. The Bertz CT molecular complexity index is 885. The first-order valence-electron chi connectivity index (χ1n) is 9.01. The topological polar surface area (TPSA) is 48.1 Å². The Morgan fingerprint density at radius 3 is 2.50 bits per heavy atom. The molecule has 2 N–H and O–H groups in total. The Kier molecular flexibility index (Phi) is 5.96. The Labute approximate surface area is 159 Å². The van der Waals surface area contributed by atoms with Crippen LogP contribution in [0.5, 0.6) is 0 Å². The quantitative estimate of drug-likeness (QED) is 0.641. The minimum absolute atomic E-state index is 0.0911. The molecule has 2 aromatic carbocycles. The van der Waals surface area contributed by atoms with Gasteiger partial charge in [-0.1, -0.05) is 61.8 Å². The van der Waals surface area contributed by atoms with E-state index in [0.717, 1.165) is 41.7 Å². The molecule has 0 radical (unpaired) electrons. The molecule has 0 saturated heterocycles. The maximum absolute atomic E-state index is 12.8. The predicted octanol–water partition coefficient (Wildman–Crippen LogP) is 4.56. The maximum Gasteiger partial charge on any atom is 0.268 e. The number of rotatable bonds is 7. The van der Waals surface area contributed by atoms with E-state index < -0.39 is 0 Å². The van der Waals surface area contributed by atoms with Crippen molar-refractivity contribution in [1.82, 2.24) is 15.2 Å². The van der Waals surface area contributed by atoms with Crippen molar-refractivity contribution in [1.29, 1.82) is 0 Å². The van der Waals surface area contributed by atoms with Gasteiger partial charge in [-0.05, 0) is 30.8 Å². The second kappa shape index (κ2) is 8.39. The number of nitrogens with zero attached hydrogens (tertiary/aromatic N) is 1. The average Bonchev–Trinajstić information content (AvgIpc) is 3.04. The average molecular weight is 370 g/mol. The number of aromatic nitrogens is 1. The summed E-state index contributed by atoms with van der Waals surface area (Å²) >= 11 is 6.20. The van der Waals surface area contributed by atoms with Crippen LogP contribution in [0.15, 0.2) is 48.5 Å². The van der Waals surface area contributed by atoms with Gasteiger partial charge in [0.15, 0.2) is 0 Å². The van der Waals surface area contributed by atoms with Crippen molar-refractivity contribution in [3.63, 3.8) is 0 Å². The van der Waals surface area contributed by atoms with E-state index in [0.29, 0.717) is 17.3 Å². The highest BCUT2D eigenvalue weighted by Gasteiger charge is 2.17. The molecule has 1 amide bonds. The molecule has 3 rings (SSSR count). The zero-order chi connectivity index (χ0) is 18.5. The molecule has 0 aliphatic rings.